The van der Waals surface area contributed by atoms with Crippen LogP contribution in [0.1, 0.15) is 0 Å². The zero-order valence-corrected chi connectivity index (χ0v) is 77.2. The first-order valence-electron chi connectivity index (χ1n) is 48.0. The van der Waals surface area contributed by atoms with E-state index in [0.717, 1.165) is 0 Å². The summed E-state index contributed by atoms with van der Waals surface area (Å²) in [6, 6.07) is 198. The first-order valence-corrected chi connectivity index (χ1v) is 48.8. The molecule has 1 heterocycles. The van der Waals surface area contributed by atoms with E-state index < -0.39 is 0 Å². The Labute approximate surface area is 811 Å². The summed E-state index contributed by atoms with van der Waals surface area (Å²) in [5.41, 5.74) is 25.5. The molecule has 648 valence electrons. The summed E-state index contributed by atoms with van der Waals surface area (Å²) in [7, 11) is 0. The van der Waals surface area contributed by atoms with E-state index in [2.05, 4.69) is 546 Å². The molecule has 0 spiro atoms. The topological polar surface area (TPSA) is 0 Å². The molecule has 0 amide bonds. The SMILES string of the molecule is c1ccc(-c2c3ccccc3c(-c3ccc4sc5ccccc5c4c3)c3ccccc23)cc1.c1ccc(-c2c3ccccc3c(-c3cccc(-c4ccc5ccccc5c4)c3)c3ccccc23)cc1.c1ccc(-c2c3ccccc3c(-c3ccccc3-c3ccc4ccccc4c3)c3ccccc23)cc1.c1ccc2cc(-c3c4ccccc4c(-c4cccc5ccccc45)c4ccccc34)ccc2c1. The second-order valence-corrected chi connectivity index (χ2v) is 37.2. The maximum absolute atomic E-state index is 2.39. The first-order chi connectivity index (χ1) is 69.0. The second kappa shape index (κ2) is 36.2. The molecule has 0 saturated heterocycles. The van der Waals surface area contributed by atoms with Crippen LogP contribution in [0, 0.1) is 0 Å². The average molecular weight is 1780 g/mol. The third-order valence-corrected chi connectivity index (χ3v) is 29.3. The average Bonchev–Trinajstić information content (AvgIpc) is 1.45. The summed E-state index contributed by atoms with van der Waals surface area (Å²) in [5.74, 6) is 0. The molecular weight excluding hydrogens is 1690 g/mol. The van der Waals surface area contributed by atoms with Crippen LogP contribution in [0.4, 0.5) is 0 Å². The van der Waals surface area contributed by atoms with Gasteiger partial charge in [0.15, 0.2) is 0 Å². The lowest BCUT2D eigenvalue weighted by atomic mass is 9.84. The second-order valence-electron chi connectivity index (χ2n) is 36.1. The fourth-order valence-corrected chi connectivity index (χ4v) is 23.1. The van der Waals surface area contributed by atoms with Crippen molar-refractivity contribution in [1.82, 2.24) is 0 Å². The van der Waals surface area contributed by atoms with Gasteiger partial charge in [-0.2, -0.15) is 0 Å². The maximum atomic E-state index is 2.39. The predicted octanol–water partition coefficient (Wildman–Crippen LogP) is 39.6. The van der Waals surface area contributed by atoms with Crippen LogP contribution in [0.5, 0.6) is 0 Å². The van der Waals surface area contributed by atoms with Gasteiger partial charge < -0.3 is 0 Å². The molecule has 0 atom stereocenters. The molecule has 0 fully saturated rings. The van der Waals surface area contributed by atoms with Crippen molar-refractivity contribution in [3.05, 3.63) is 546 Å². The van der Waals surface area contributed by atoms with Crippen LogP contribution in [-0.4, -0.2) is 0 Å². The van der Waals surface area contributed by atoms with Crippen LogP contribution in [0.25, 0.3) is 261 Å². The Morgan fingerprint density at radius 2 is 0.324 bits per heavy atom. The van der Waals surface area contributed by atoms with Crippen molar-refractivity contribution >= 4 is 161 Å². The van der Waals surface area contributed by atoms with Crippen molar-refractivity contribution in [2.75, 3.05) is 0 Å². The molecule has 28 aromatic rings. The van der Waals surface area contributed by atoms with E-state index in [-0.39, 0.29) is 0 Å². The van der Waals surface area contributed by atoms with E-state index in [1.807, 2.05) is 11.3 Å². The molecule has 0 bridgehead atoms. The van der Waals surface area contributed by atoms with Crippen molar-refractivity contribution in [2.24, 2.45) is 0 Å². The van der Waals surface area contributed by atoms with Crippen molar-refractivity contribution in [1.29, 1.82) is 0 Å². The molecule has 0 nitrogen and oxygen atoms in total. The summed E-state index contributed by atoms with van der Waals surface area (Å²) in [6.45, 7) is 0. The Morgan fingerprint density at radius 1 is 0.0935 bits per heavy atom. The minimum atomic E-state index is 1.23. The number of thiophene rings is 1. The van der Waals surface area contributed by atoms with Crippen LogP contribution in [-0.2, 0) is 0 Å². The third-order valence-electron chi connectivity index (χ3n) is 28.2. The van der Waals surface area contributed by atoms with Gasteiger partial charge in [-0.05, 0) is 283 Å². The lowest BCUT2D eigenvalue weighted by Crippen LogP contribution is -1.92. The Morgan fingerprint density at radius 3 is 0.741 bits per heavy atom. The number of hydrogen-bond donors (Lipinski definition) is 0. The zero-order valence-electron chi connectivity index (χ0n) is 76.4. The minimum Gasteiger partial charge on any atom is -0.135 e. The van der Waals surface area contributed by atoms with Gasteiger partial charge in [0, 0.05) is 20.2 Å². The molecule has 0 radical (unpaired) electrons. The molecule has 27 aromatic carbocycles. The van der Waals surface area contributed by atoms with Crippen LogP contribution in [0.2, 0.25) is 0 Å². The van der Waals surface area contributed by atoms with E-state index in [0.29, 0.717) is 0 Å². The highest BCUT2D eigenvalue weighted by atomic mass is 32.1. The highest BCUT2D eigenvalue weighted by Crippen LogP contribution is 2.52. The number of rotatable bonds is 10. The summed E-state index contributed by atoms with van der Waals surface area (Å²) >= 11 is 1.87. The van der Waals surface area contributed by atoms with Crippen LogP contribution < -0.4 is 0 Å². The van der Waals surface area contributed by atoms with Gasteiger partial charge in [0.05, 0.1) is 0 Å². The van der Waals surface area contributed by atoms with Crippen molar-refractivity contribution in [3.8, 4) is 111 Å². The molecule has 0 aliphatic rings. The van der Waals surface area contributed by atoms with Crippen LogP contribution in [0.3, 0.4) is 0 Å². The van der Waals surface area contributed by atoms with Crippen molar-refractivity contribution < 1.29 is 0 Å². The summed E-state index contributed by atoms with van der Waals surface area (Å²) in [6.07, 6.45) is 0. The van der Waals surface area contributed by atoms with Crippen LogP contribution in [0.15, 0.2) is 546 Å². The standard InChI is InChI=1S/2C36H24.C34H22.C32H20S/c1-2-12-26(13-3-1)35-31-17-6-8-19-33(31)36(34-20-9-7-18-32(34)35)30-16-10-15-28(24-30)29-22-21-25-11-4-5-14-27(25)23-29;1-2-13-26(14-3-1)35-31-18-8-10-20-33(31)36(34-21-11-9-19-32(34)35)30-17-7-6-16-29(30)28-23-22-25-12-4-5-15-27(25)24-28;1-2-12-25-22-26(21-20-23(25)10-1)33-29-15-5-7-17-31(29)34(32-18-8-6-16-30(32)33)28-19-9-13-24-11-3-4-14-27(24)28;1-2-10-21(11-3-1)31-24-13-4-6-15-26(24)32(27-16-7-5-14-25(27)31)22-18-19-30-28(20-22)23-12-8-9-17-29(23)33-30/h2*1-24H;1-22H;1-20H. The summed E-state index contributed by atoms with van der Waals surface area (Å²) in [5, 5.41) is 33.5. The Kier molecular flexibility index (Phi) is 21.7. The molecule has 28 rings (SSSR count). The van der Waals surface area contributed by atoms with Gasteiger partial charge in [-0.25, -0.2) is 0 Å². The Hall–Kier alpha value is -17.7. The fraction of sp³-hybridized carbons (Fsp3) is 0. The van der Waals surface area contributed by atoms with Crippen molar-refractivity contribution in [2.45, 2.75) is 0 Å². The van der Waals surface area contributed by atoms with Gasteiger partial charge in [0.25, 0.3) is 0 Å². The van der Waals surface area contributed by atoms with Gasteiger partial charge in [-0.3, -0.25) is 0 Å². The largest absolute Gasteiger partial charge is 0.135 e. The molecule has 0 unspecified atom stereocenters. The van der Waals surface area contributed by atoms with E-state index in [1.165, 1.54) is 261 Å². The fourth-order valence-electron chi connectivity index (χ4n) is 22.0. The number of benzene rings is 27. The molecule has 0 aliphatic carbocycles. The maximum Gasteiger partial charge on any atom is 0.0355 e. The smallest absolute Gasteiger partial charge is 0.0355 e. The summed E-state index contributed by atoms with van der Waals surface area (Å²) < 4.78 is 2.69. The molecule has 0 saturated carbocycles. The monoisotopic (exact) mass is 1780 g/mol. The van der Waals surface area contributed by atoms with Gasteiger partial charge >= 0.3 is 0 Å². The van der Waals surface area contributed by atoms with Gasteiger partial charge in [0.1, 0.15) is 0 Å². The van der Waals surface area contributed by atoms with Gasteiger partial charge in [0.2, 0.25) is 0 Å². The molecular formula is C138H90S. The third kappa shape index (κ3) is 15.2. The van der Waals surface area contributed by atoms with Gasteiger partial charge in [-0.1, -0.05) is 504 Å². The molecule has 1 aromatic heterocycles. The Bertz CT molecular complexity index is 9400. The lowest BCUT2D eigenvalue weighted by molar-refractivity contribution is 1.62. The van der Waals surface area contributed by atoms with E-state index in [1.54, 1.807) is 0 Å². The molecule has 0 N–H and O–H groups in total. The highest BCUT2D eigenvalue weighted by Gasteiger charge is 2.25. The molecule has 139 heavy (non-hydrogen) atoms. The van der Waals surface area contributed by atoms with E-state index >= 15 is 0 Å². The van der Waals surface area contributed by atoms with Crippen LogP contribution >= 0.6 is 11.3 Å². The van der Waals surface area contributed by atoms with E-state index in [4.69, 9.17) is 0 Å². The van der Waals surface area contributed by atoms with Gasteiger partial charge in [-0.15, -0.1) is 11.3 Å². The predicted molar refractivity (Wildman–Crippen MR) is 603 cm³/mol. The molecule has 1 heteroatoms. The van der Waals surface area contributed by atoms with E-state index in [9.17, 15) is 0 Å². The first kappa shape index (κ1) is 83.1. The Balaban J connectivity index is 0.0000000981. The van der Waals surface area contributed by atoms with Crippen molar-refractivity contribution in [3.63, 3.8) is 0 Å². The molecule has 0 aliphatic heterocycles. The normalized spacial score (nSPS) is 11.5. The lowest BCUT2D eigenvalue weighted by Gasteiger charge is -2.19. The quantitative estimate of drug-likeness (QED) is 0.120. The number of hydrogen-bond acceptors (Lipinski definition) is 1. The minimum absolute atomic E-state index is 1.23. The zero-order chi connectivity index (χ0) is 92.1. The number of fused-ring (bicyclic) bond motifs is 15. The highest BCUT2D eigenvalue weighted by molar-refractivity contribution is 7.25. The summed E-state index contributed by atoms with van der Waals surface area (Å²) in [4.78, 5) is 0.